The topological polar surface area (TPSA) is 71.1 Å². The van der Waals surface area contributed by atoms with Crippen molar-refractivity contribution in [2.45, 2.75) is 30.8 Å². The van der Waals surface area contributed by atoms with Gasteiger partial charge in [0.2, 0.25) is 0 Å². The van der Waals surface area contributed by atoms with Crippen LogP contribution in [-0.4, -0.2) is 25.5 Å². The second-order valence-corrected chi connectivity index (χ2v) is 6.40. The van der Waals surface area contributed by atoms with Gasteiger partial charge in [-0.25, -0.2) is 0 Å². The zero-order chi connectivity index (χ0) is 13.8. The van der Waals surface area contributed by atoms with Gasteiger partial charge in [-0.1, -0.05) is 6.92 Å². The number of rotatable bonds is 5. The molecule has 4 nitrogen and oxygen atoms in total. The highest BCUT2D eigenvalue weighted by molar-refractivity contribution is 7.99. The maximum absolute atomic E-state index is 9.03. The Morgan fingerprint density at radius 3 is 3.05 bits per heavy atom. The zero-order valence-electron chi connectivity index (χ0n) is 11.2. The molecular formula is C13H19N3OS2. The van der Waals surface area contributed by atoms with E-state index in [9.17, 15) is 0 Å². The summed E-state index contributed by atoms with van der Waals surface area (Å²) in [4.78, 5) is 1.59. The van der Waals surface area contributed by atoms with Crippen molar-refractivity contribution < 1.29 is 4.74 Å². The molecule has 0 aromatic carbocycles. The first-order chi connectivity index (χ1) is 9.21. The van der Waals surface area contributed by atoms with Crippen LogP contribution in [0.15, 0.2) is 4.90 Å². The minimum atomic E-state index is 0.359. The van der Waals surface area contributed by atoms with Gasteiger partial charge < -0.3 is 15.8 Å². The van der Waals surface area contributed by atoms with Crippen LogP contribution < -0.4 is 11.1 Å². The largest absolute Gasteiger partial charge is 0.396 e. The molecule has 1 aromatic heterocycles. The van der Waals surface area contributed by atoms with Crippen LogP contribution in [0.1, 0.15) is 24.6 Å². The van der Waals surface area contributed by atoms with Gasteiger partial charge in [0.05, 0.1) is 16.7 Å². The summed E-state index contributed by atoms with van der Waals surface area (Å²) < 4.78 is 5.69. The molecule has 1 aliphatic heterocycles. The van der Waals surface area contributed by atoms with Crippen LogP contribution >= 0.6 is 23.1 Å². The Kier molecular flexibility index (Phi) is 4.97. The quantitative estimate of drug-likeness (QED) is 0.817. The smallest absolute Gasteiger partial charge is 0.131 e. The van der Waals surface area contributed by atoms with Crippen LogP contribution in [0.25, 0.3) is 0 Å². The molecule has 2 heterocycles. The average molecular weight is 297 g/mol. The van der Waals surface area contributed by atoms with E-state index in [0.717, 1.165) is 35.9 Å². The van der Waals surface area contributed by atoms with E-state index in [0.29, 0.717) is 22.6 Å². The lowest BCUT2D eigenvalue weighted by Gasteiger charge is -2.17. The molecule has 1 saturated heterocycles. The molecule has 0 amide bonds. The monoisotopic (exact) mass is 297 g/mol. The van der Waals surface area contributed by atoms with E-state index in [1.54, 1.807) is 11.8 Å². The van der Waals surface area contributed by atoms with Gasteiger partial charge >= 0.3 is 0 Å². The van der Waals surface area contributed by atoms with E-state index in [2.05, 4.69) is 18.3 Å². The predicted octanol–water partition coefficient (Wildman–Crippen LogP) is 3.15. The summed E-state index contributed by atoms with van der Waals surface area (Å²) in [6.45, 7) is 3.90. The van der Waals surface area contributed by atoms with Gasteiger partial charge in [0, 0.05) is 19.1 Å². The maximum Gasteiger partial charge on any atom is 0.131 e. The number of nitrogens with two attached hydrogens (primary N) is 1. The Labute approximate surface area is 122 Å². The van der Waals surface area contributed by atoms with E-state index in [-0.39, 0.29) is 0 Å². The first-order valence-corrected chi connectivity index (χ1v) is 8.47. The van der Waals surface area contributed by atoms with Gasteiger partial charge in [-0.15, -0.1) is 23.1 Å². The summed E-state index contributed by atoms with van der Waals surface area (Å²) >= 11 is 3.03. The molecule has 2 unspecified atom stereocenters. The predicted molar refractivity (Wildman–Crippen MR) is 81.9 cm³/mol. The number of thiophene rings is 1. The van der Waals surface area contributed by atoms with Crippen LogP contribution in [0, 0.1) is 17.2 Å². The Balaban J connectivity index is 2.05. The molecule has 3 N–H and O–H groups in total. The van der Waals surface area contributed by atoms with Crippen LogP contribution in [0.3, 0.4) is 0 Å². The minimum absolute atomic E-state index is 0.359. The van der Waals surface area contributed by atoms with Crippen molar-refractivity contribution in [1.29, 1.82) is 5.26 Å². The minimum Gasteiger partial charge on any atom is -0.396 e. The van der Waals surface area contributed by atoms with Crippen LogP contribution in [-0.2, 0) is 4.74 Å². The van der Waals surface area contributed by atoms with E-state index in [1.165, 1.54) is 11.3 Å². The highest BCUT2D eigenvalue weighted by atomic mass is 32.2. The molecular weight excluding hydrogens is 278 g/mol. The third-order valence-corrected chi connectivity index (χ3v) is 5.51. The molecule has 0 saturated carbocycles. The van der Waals surface area contributed by atoms with E-state index in [4.69, 9.17) is 15.7 Å². The SMILES string of the molecule is CCC1OCCC1CNc1sc(C#N)c(N)c1SC. The Morgan fingerprint density at radius 2 is 2.42 bits per heavy atom. The summed E-state index contributed by atoms with van der Waals surface area (Å²) in [6, 6.07) is 2.15. The van der Waals surface area contributed by atoms with Crippen molar-refractivity contribution in [1.82, 2.24) is 0 Å². The molecule has 2 rings (SSSR count). The third-order valence-electron chi connectivity index (χ3n) is 3.48. The third kappa shape index (κ3) is 2.99. The standard InChI is InChI=1S/C13H19N3OS2/c1-3-9-8(4-5-17-9)7-16-13-12(18-2)11(15)10(6-14)19-13/h8-9,16H,3-5,7,15H2,1-2H3. The van der Waals surface area contributed by atoms with Gasteiger partial charge in [0.1, 0.15) is 15.9 Å². The Morgan fingerprint density at radius 1 is 1.63 bits per heavy atom. The molecule has 1 aromatic rings. The lowest BCUT2D eigenvalue weighted by molar-refractivity contribution is 0.0900. The lowest BCUT2D eigenvalue weighted by atomic mass is 10.00. The molecule has 0 bridgehead atoms. The summed E-state index contributed by atoms with van der Waals surface area (Å²) in [6.07, 6.45) is 4.50. The van der Waals surface area contributed by atoms with Gasteiger partial charge in [-0.05, 0) is 19.1 Å². The fourth-order valence-corrected chi connectivity index (χ4v) is 4.27. The summed E-state index contributed by atoms with van der Waals surface area (Å²) in [7, 11) is 0. The number of thioether (sulfide) groups is 1. The van der Waals surface area contributed by atoms with Crippen molar-refractivity contribution in [3.8, 4) is 6.07 Å². The van der Waals surface area contributed by atoms with Gasteiger partial charge in [-0.3, -0.25) is 0 Å². The molecule has 0 spiro atoms. The Bertz CT molecular complexity index is 481. The van der Waals surface area contributed by atoms with Crippen molar-refractivity contribution in [3.05, 3.63) is 4.88 Å². The zero-order valence-corrected chi connectivity index (χ0v) is 12.9. The van der Waals surface area contributed by atoms with E-state index < -0.39 is 0 Å². The van der Waals surface area contributed by atoms with Crippen molar-refractivity contribution >= 4 is 33.8 Å². The van der Waals surface area contributed by atoms with E-state index in [1.807, 2.05) is 6.26 Å². The number of nitrogens with zero attached hydrogens (tertiary/aromatic N) is 1. The average Bonchev–Trinajstić information content (AvgIpc) is 2.99. The number of anilines is 2. The first-order valence-electron chi connectivity index (χ1n) is 6.43. The van der Waals surface area contributed by atoms with Gasteiger partial charge in [0.15, 0.2) is 0 Å². The summed E-state index contributed by atoms with van der Waals surface area (Å²) in [5, 5.41) is 13.5. The highest BCUT2D eigenvalue weighted by Crippen LogP contribution is 2.41. The number of nitrogens with one attached hydrogen (secondary N) is 1. The molecule has 0 radical (unpaired) electrons. The van der Waals surface area contributed by atoms with Crippen LogP contribution in [0.4, 0.5) is 10.7 Å². The van der Waals surface area contributed by atoms with Crippen molar-refractivity contribution in [3.63, 3.8) is 0 Å². The van der Waals surface area contributed by atoms with Gasteiger partial charge in [-0.2, -0.15) is 5.26 Å². The first kappa shape index (κ1) is 14.5. The van der Waals surface area contributed by atoms with Crippen molar-refractivity contribution in [2.24, 2.45) is 5.92 Å². The molecule has 6 heteroatoms. The molecule has 1 fully saturated rings. The van der Waals surface area contributed by atoms with Crippen LogP contribution in [0.5, 0.6) is 0 Å². The Hall–Kier alpha value is -0.900. The number of hydrogen-bond donors (Lipinski definition) is 2. The highest BCUT2D eigenvalue weighted by Gasteiger charge is 2.27. The van der Waals surface area contributed by atoms with Crippen molar-refractivity contribution in [2.75, 3.05) is 30.5 Å². The lowest BCUT2D eigenvalue weighted by Crippen LogP contribution is -2.22. The number of ether oxygens (including phenoxy) is 1. The second-order valence-electron chi connectivity index (χ2n) is 4.57. The molecule has 104 valence electrons. The summed E-state index contributed by atoms with van der Waals surface area (Å²) in [5.41, 5.74) is 6.57. The normalized spacial score (nSPS) is 22.4. The number of nitrogen functional groups attached to an aromatic ring is 1. The fraction of sp³-hybridized carbons (Fsp3) is 0.615. The molecule has 2 atom stereocenters. The maximum atomic E-state index is 9.03. The molecule has 0 aliphatic carbocycles. The molecule has 19 heavy (non-hydrogen) atoms. The second kappa shape index (κ2) is 6.51. The fourth-order valence-electron chi connectivity index (χ4n) is 2.43. The van der Waals surface area contributed by atoms with Crippen LogP contribution in [0.2, 0.25) is 0 Å². The summed E-state index contributed by atoms with van der Waals surface area (Å²) in [5.74, 6) is 0.550. The van der Waals surface area contributed by atoms with E-state index >= 15 is 0 Å². The number of hydrogen-bond acceptors (Lipinski definition) is 6. The number of nitriles is 1. The molecule has 1 aliphatic rings. The van der Waals surface area contributed by atoms with Gasteiger partial charge in [0.25, 0.3) is 0 Å².